The maximum atomic E-state index is 12.6. The number of imidazole rings is 2. The van der Waals surface area contributed by atoms with Crippen LogP contribution in [0.2, 0.25) is 0 Å². The zero-order chi connectivity index (χ0) is 19.3. The summed E-state index contributed by atoms with van der Waals surface area (Å²) in [5.41, 5.74) is 1.28. The van der Waals surface area contributed by atoms with Gasteiger partial charge in [0.15, 0.2) is 11.2 Å². The fraction of sp³-hybridized carbons (Fsp3) is 0.611. The van der Waals surface area contributed by atoms with Crippen LogP contribution >= 0.6 is 0 Å². The quantitative estimate of drug-likeness (QED) is 0.624. The minimum absolute atomic E-state index is 0.312. The molecule has 1 aliphatic rings. The first-order valence-electron chi connectivity index (χ1n) is 9.51. The third-order valence-corrected chi connectivity index (χ3v) is 5.81. The molecular weight excluding hydrogens is 346 g/mol. The second kappa shape index (κ2) is 6.65. The Morgan fingerprint density at radius 2 is 1.67 bits per heavy atom. The van der Waals surface area contributed by atoms with Crippen LogP contribution in [0, 0.1) is 6.92 Å². The zero-order valence-corrected chi connectivity index (χ0v) is 16.5. The Bertz CT molecular complexity index is 1110. The van der Waals surface area contributed by atoms with Gasteiger partial charge in [0.1, 0.15) is 0 Å². The molecule has 0 amide bonds. The predicted molar refractivity (Wildman–Crippen MR) is 104 cm³/mol. The van der Waals surface area contributed by atoms with Crippen LogP contribution in [0.4, 0.5) is 0 Å². The van der Waals surface area contributed by atoms with E-state index in [-0.39, 0.29) is 11.2 Å². The topological polar surface area (TPSA) is 72.7 Å². The number of aryl methyl sites for hydroxylation is 2. The number of rotatable bonds is 4. The van der Waals surface area contributed by atoms with Crippen LogP contribution in [-0.4, -0.2) is 72.2 Å². The minimum atomic E-state index is -0.356. The first kappa shape index (κ1) is 18.0. The van der Waals surface area contributed by atoms with Gasteiger partial charge in [-0.15, -0.1) is 0 Å². The van der Waals surface area contributed by atoms with Crippen molar-refractivity contribution in [1.29, 1.82) is 0 Å². The molecule has 0 N–H and O–H groups in total. The lowest BCUT2D eigenvalue weighted by molar-refractivity contribution is 0.134. The monoisotopic (exact) mass is 373 g/mol. The first-order valence-corrected chi connectivity index (χ1v) is 9.51. The summed E-state index contributed by atoms with van der Waals surface area (Å²) in [5, 5.41) is 0. The van der Waals surface area contributed by atoms with Crippen molar-refractivity contribution in [1.82, 2.24) is 32.9 Å². The summed E-state index contributed by atoms with van der Waals surface area (Å²) in [5.74, 6) is 0.716. The second-order valence-corrected chi connectivity index (χ2v) is 7.36. The highest BCUT2D eigenvalue weighted by molar-refractivity contribution is 5.75. The highest BCUT2D eigenvalue weighted by Gasteiger charge is 2.20. The molecule has 0 spiro atoms. The average Bonchev–Trinajstić information content (AvgIpc) is 3.18. The van der Waals surface area contributed by atoms with Crippen molar-refractivity contribution in [2.45, 2.75) is 20.4 Å². The molecule has 0 radical (unpaired) electrons. The van der Waals surface area contributed by atoms with Crippen LogP contribution < -0.4 is 11.2 Å². The van der Waals surface area contributed by atoms with Crippen LogP contribution in [-0.2, 0) is 20.6 Å². The van der Waals surface area contributed by atoms with Gasteiger partial charge in [0.25, 0.3) is 5.56 Å². The van der Waals surface area contributed by atoms with Crippen molar-refractivity contribution < 1.29 is 0 Å². The Labute approximate surface area is 157 Å². The molecule has 0 bridgehead atoms. The molecule has 146 valence electrons. The summed E-state index contributed by atoms with van der Waals surface area (Å²) in [6, 6.07) is 0. The van der Waals surface area contributed by atoms with Crippen molar-refractivity contribution in [3.63, 3.8) is 0 Å². The van der Waals surface area contributed by atoms with Crippen LogP contribution in [0.1, 0.15) is 12.6 Å². The molecule has 1 aliphatic heterocycles. The van der Waals surface area contributed by atoms with E-state index in [2.05, 4.69) is 26.3 Å². The molecule has 3 aromatic heterocycles. The summed E-state index contributed by atoms with van der Waals surface area (Å²) in [6.07, 6.45) is 1.94. The van der Waals surface area contributed by atoms with Gasteiger partial charge < -0.3 is 9.47 Å². The van der Waals surface area contributed by atoms with Crippen LogP contribution in [0.25, 0.3) is 16.9 Å². The van der Waals surface area contributed by atoms with E-state index >= 15 is 0 Å². The Balaban J connectivity index is 1.69. The lowest BCUT2D eigenvalue weighted by Crippen LogP contribution is -2.46. The number of aromatic nitrogens is 5. The van der Waals surface area contributed by atoms with Crippen molar-refractivity contribution in [2.75, 3.05) is 39.3 Å². The van der Waals surface area contributed by atoms with Gasteiger partial charge in [-0.2, -0.15) is 4.98 Å². The number of hydrogen-bond acceptors (Lipinski definition) is 5. The largest absolute Gasteiger partial charge is 0.332 e. The van der Waals surface area contributed by atoms with E-state index in [0.29, 0.717) is 16.9 Å². The van der Waals surface area contributed by atoms with Gasteiger partial charge >= 0.3 is 5.69 Å². The molecule has 0 aromatic carbocycles. The van der Waals surface area contributed by atoms with Crippen molar-refractivity contribution in [3.8, 4) is 0 Å². The van der Waals surface area contributed by atoms with Crippen molar-refractivity contribution >= 4 is 16.9 Å². The van der Waals surface area contributed by atoms with Gasteiger partial charge in [-0.1, -0.05) is 6.92 Å². The molecule has 1 saturated heterocycles. The Hall–Kier alpha value is -2.39. The van der Waals surface area contributed by atoms with E-state index in [4.69, 9.17) is 0 Å². The van der Waals surface area contributed by atoms with E-state index in [0.717, 1.165) is 56.1 Å². The van der Waals surface area contributed by atoms with Crippen LogP contribution in [0.5, 0.6) is 0 Å². The second-order valence-electron chi connectivity index (χ2n) is 7.36. The molecule has 9 heteroatoms. The fourth-order valence-corrected chi connectivity index (χ4v) is 3.98. The zero-order valence-electron chi connectivity index (χ0n) is 16.5. The van der Waals surface area contributed by atoms with Gasteiger partial charge in [-0.3, -0.25) is 23.2 Å². The molecule has 0 atom stereocenters. The molecule has 0 aliphatic carbocycles. The maximum Gasteiger partial charge on any atom is 0.332 e. The SMILES string of the molecule is CCN1CCN(CCn2c(C)cn3c4c(=O)n(C)c(=O)n(C)c4nc23)CC1. The number of likely N-dealkylation sites (N-methyl/N-ethyl adjacent to an activating group) is 1. The Morgan fingerprint density at radius 3 is 2.33 bits per heavy atom. The summed E-state index contributed by atoms with van der Waals surface area (Å²) in [6.45, 7) is 11.5. The minimum Gasteiger partial charge on any atom is -0.313 e. The third kappa shape index (κ3) is 2.81. The standard InChI is InChI=1S/C18H27N7O2/c1-5-22-6-8-23(9-7-22)10-11-24-13(2)12-25-14-15(19-17(24)25)20(3)18(27)21(4)16(14)26/h12H,5-11H2,1-4H3. The van der Waals surface area contributed by atoms with E-state index < -0.39 is 0 Å². The summed E-state index contributed by atoms with van der Waals surface area (Å²) in [4.78, 5) is 34.4. The molecule has 4 rings (SSSR count). The molecule has 1 fully saturated rings. The first-order chi connectivity index (χ1) is 12.9. The van der Waals surface area contributed by atoms with Gasteiger partial charge in [0.05, 0.1) is 0 Å². The van der Waals surface area contributed by atoms with E-state index in [9.17, 15) is 9.59 Å². The van der Waals surface area contributed by atoms with Gasteiger partial charge in [-0.25, -0.2) is 4.79 Å². The molecule has 9 nitrogen and oxygen atoms in total. The molecule has 27 heavy (non-hydrogen) atoms. The highest BCUT2D eigenvalue weighted by Crippen LogP contribution is 2.16. The summed E-state index contributed by atoms with van der Waals surface area (Å²) in [7, 11) is 3.16. The smallest absolute Gasteiger partial charge is 0.313 e. The molecule has 3 aromatic rings. The number of nitrogens with zero attached hydrogens (tertiary/aromatic N) is 7. The molecule has 0 saturated carbocycles. The predicted octanol–water partition coefficient (Wildman–Crippen LogP) is -0.368. The number of fused-ring (bicyclic) bond motifs is 3. The lowest BCUT2D eigenvalue weighted by atomic mass is 10.3. The summed E-state index contributed by atoms with van der Waals surface area (Å²) >= 11 is 0. The van der Waals surface area contributed by atoms with Gasteiger partial charge in [0, 0.05) is 65.3 Å². The van der Waals surface area contributed by atoms with Crippen molar-refractivity contribution in [2.24, 2.45) is 14.1 Å². The van der Waals surface area contributed by atoms with Crippen LogP contribution in [0.3, 0.4) is 0 Å². The fourth-order valence-electron chi connectivity index (χ4n) is 3.98. The third-order valence-electron chi connectivity index (χ3n) is 5.81. The van der Waals surface area contributed by atoms with E-state index in [1.165, 1.54) is 11.6 Å². The van der Waals surface area contributed by atoms with Gasteiger partial charge in [-0.05, 0) is 13.5 Å². The number of piperazine rings is 1. The highest BCUT2D eigenvalue weighted by atomic mass is 16.2. The molecular formula is C18H27N7O2. The molecule has 0 unspecified atom stereocenters. The number of hydrogen-bond donors (Lipinski definition) is 0. The Morgan fingerprint density at radius 1 is 1.00 bits per heavy atom. The molecule has 4 heterocycles. The maximum absolute atomic E-state index is 12.6. The lowest BCUT2D eigenvalue weighted by Gasteiger charge is -2.34. The average molecular weight is 373 g/mol. The van der Waals surface area contributed by atoms with E-state index in [1.807, 2.05) is 17.5 Å². The normalized spacial score (nSPS) is 16.7. The van der Waals surface area contributed by atoms with Crippen LogP contribution in [0.15, 0.2) is 15.8 Å². The Kier molecular flexibility index (Phi) is 4.43. The van der Waals surface area contributed by atoms with Crippen molar-refractivity contribution in [3.05, 3.63) is 32.7 Å². The van der Waals surface area contributed by atoms with Gasteiger partial charge in [0.2, 0.25) is 5.78 Å². The van der Waals surface area contributed by atoms with E-state index in [1.54, 1.807) is 7.05 Å². The summed E-state index contributed by atoms with van der Waals surface area (Å²) < 4.78 is 6.53.